The molecule has 0 amide bonds. The minimum absolute atomic E-state index is 0.421. The van der Waals surface area contributed by atoms with Crippen molar-refractivity contribution in [1.82, 2.24) is 0 Å². The summed E-state index contributed by atoms with van der Waals surface area (Å²) in [5.74, 6) is 0.833. The Morgan fingerprint density at radius 1 is 1.42 bits per heavy atom. The third-order valence-electron chi connectivity index (χ3n) is 1.97. The minimum atomic E-state index is 0.421. The summed E-state index contributed by atoms with van der Waals surface area (Å²) in [6.45, 7) is 1.99. The van der Waals surface area contributed by atoms with Crippen LogP contribution in [-0.2, 0) is 0 Å². The molecule has 1 aromatic carbocycles. The zero-order chi connectivity index (χ0) is 8.55. The molecule has 1 aromatic rings. The van der Waals surface area contributed by atoms with Crippen molar-refractivity contribution in [1.29, 1.82) is 0 Å². The van der Waals surface area contributed by atoms with Gasteiger partial charge in [0, 0.05) is 0 Å². The normalized spacial score (nSPS) is 16.2. The average molecular weight is 183 g/mol. The van der Waals surface area contributed by atoms with E-state index in [0.29, 0.717) is 6.10 Å². The second-order valence-corrected chi connectivity index (χ2v) is 3.58. The van der Waals surface area contributed by atoms with Crippen molar-refractivity contribution in [3.63, 3.8) is 0 Å². The highest BCUT2D eigenvalue weighted by molar-refractivity contribution is 6.32. The monoisotopic (exact) mass is 182 g/mol. The summed E-state index contributed by atoms with van der Waals surface area (Å²) < 4.78 is 5.60. The lowest BCUT2D eigenvalue weighted by Gasteiger charge is -2.07. The van der Waals surface area contributed by atoms with E-state index in [1.807, 2.05) is 25.1 Å². The minimum Gasteiger partial charge on any atom is -0.489 e. The highest BCUT2D eigenvalue weighted by atomic mass is 35.5. The van der Waals surface area contributed by atoms with Gasteiger partial charge in [-0.05, 0) is 31.4 Å². The van der Waals surface area contributed by atoms with Gasteiger partial charge in [-0.1, -0.05) is 23.7 Å². The number of benzene rings is 1. The van der Waals surface area contributed by atoms with Gasteiger partial charge < -0.3 is 4.74 Å². The molecule has 1 nitrogen and oxygen atoms in total. The molecule has 0 unspecified atom stereocenters. The van der Waals surface area contributed by atoms with Crippen molar-refractivity contribution in [2.45, 2.75) is 25.9 Å². The second kappa shape index (κ2) is 2.98. The molecule has 1 saturated carbocycles. The van der Waals surface area contributed by atoms with Gasteiger partial charge in [0.25, 0.3) is 0 Å². The molecule has 0 saturated heterocycles. The maximum absolute atomic E-state index is 6.04. The van der Waals surface area contributed by atoms with Crippen molar-refractivity contribution in [3.8, 4) is 5.75 Å². The smallest absolute Gasteiger partial charge is 0.138 e. The van der Waals surface area contributed by atoms with Crippen molar-refractivity contribution in [3.05, 3.63) is 28.8 Å². The maximum atomic E-state index is 6.04. The summed E-state index contributed by atoms with van der Waals surface area (Å²) in [5.41, 5.74) is 1.08. The van der Waals surface area contributed by atoms with E-state index in [0.717, 1.165) is 16.3 Å². The predicted octanol–water partition coefficient (Wildman–Crippen LogP) is 3.19. The van der Waals surface area contributed by atoms with Crippen LogP contribution in [-0.4, -0.2) is 6.10 Å². The molecule has 0 radical (unpaired) electrons. The van der Waals surface area contributed by atoms with Crippen LogP contribution < -0.4 is 4.74 Å². The quantitative estimate of drug-likeness (QED) is 0.683. The third kappa shape index (κ3) is 1.56. The largest absolute Gasteiger partial charge is 0.489 e. The van der Waals surface area contributed by atoms with E-state index >= 15 is 0 Å². The Hall–Kier alpha value is -0.690. The number of hydrogen-bond acceptors (Lipinski definition) is 1. The number of halogens is 1. The Labute approximate surface area is 77.3 Å². The molecule has 0 aliphatic heterocycles. The van der Waals surface area contributed by atoms with Crippen LogP contribution in [0.4, 0.5) is 0 Å². The first-order valence-electron chi connectivity index (χ1n) is 4.19. The zero-order valence-electron chi connectivity index (χ0n) is 7.01. The number of ether oxygens (including phenoxy) is 1. The second-order valence-electron chi connectivity index (χ2n) is 3.20. The number of aryl methyl sites for hydroxylation is 1. The molecule has 0 spiro atoms. The first-order valence-corrected chi connectivity index (χ1v) is 4.57. The van der Waals surface area contributed by atoms with Crippen molar-refractivity contribution in [2.24, 2.45) is 0 Å². The van der Waals surface area contributed by atoms with E-state index in [9.17, 15) is 0 Å². The van der Waals surface area contributed by atoms with Gasteiger partial charge >= 0.3 is 0 Å². The van der Waals surface area contributed by atoms with E-state index in [-0.39, 0.29) is 0 Å². The molecule has 0 heterocycles. The lowest BCUT2D eigenvalue weighted by Crippen LogP contribution is -1.96. The predicted molar refractivity (Wildman–Crippen MR) is 49.8 cm³/mol. The Bertz CT molecular complexity index is 292. The standard InChI is InChI=1S/C10H11ClO/c1-7-3-2-4-9(10(7)11)12-8-5-6-8/h2-4,8H,5-6H2,1H3. The fourth-order valence-electron chi connectivity index (χ4n) is 1.08. The van der Waals surface area contributed by atoms with Gasteiger partial charge in [-0.15, -0.1) is 0 Å². The highest BCUT2D eigenvalue weighted by Crippen LogP contribution is 2.33. The number of hydrogen-bond donors (Lipinski definition) is 0. The molecular weight excluding hydrogens is 172 g/mol. The van der Waals surface area contributed by atoms with Gasteiger partial charge in [0.1, 0.15) is 5.75 Å². The van der Waals surface area contributed by atoms with E-state index in [1.54, 1.807) is 0 Å². The Kier molecular flexibility index (Phi) is 1.97. The van der Waals surface area contributed by atoms with Gasteiger partial charge in [0.05, 0.1) is 11.1 Å². The molecule has 64 valence electrons. The van der Waals surface area contributed by atoms with E-state index in [4.69, 9.17) is 16.3 Å². The molecule has 2 heteroatoms. The van der Waals surface area contributed by atoms with Crippen LogP contribution in [0.1, 0.15) is 18.4 Å². The van der Waals surface area contributed by atoms with Crippen molar-refractivity contribution < 1.29 is 4.74 Å². The van der Waals surface area contributed by atoms with Gasteiger partial charge in [-0.3, -0.25) is 0 Å². The van der Waals surface area contributed by atoms with Crippen LogP contribution in [0.2, 0.25) is 5.02 Å². The van der Waals surface area contributed by atoms with Crippen molar-refractivity contribution in [2.75, 3.05) is 0 Å². The highest BCUT2D eigenvalue weighted by Gasteiger charge is 2.24. The van der Waals surface area contributed by atoms with Crippen LogP contribution in [0.25, 0.3) is 0 Å². The van der Waals surface area contributed by atoms with Crippen LogP contribution in [0.3, 0.4) is 0 Å². The molecule has 0 atom stereocenters. The van der Waals surface area contributed by atoms with Gasteiger partial charge in [-0.2, -0.15) is 0 Å². The molecule has 0 bridgehead atoms. The Morgan fingerprint density at radius 3 is 2.83 bits per heavy atom. The van der Waals surface area contributed by atoms with Crippen molar-refractivity contribution >= 4 is 11.6 Å². The molecule has 0 aromatic heterocycles. The van der Waals surface area contributed by atoms with Gasteiger partial charge in [-0.25, -0.2) is 0 Å². The summed E-state index contributed by atoms with van der Waals surface area (Å²) in [7, 11) is 0. The fourth-order valence-corrected chi connectivity index (χ4v) is 1.25. The van der Waals surface area contributed by atoms with Gasteiger partial charge in [0.2, 0.25) is 0 Å². The average Bonchev–Trinajstić information content (AvgIpc) is 2.83. The van der Waals surface area contributed by atoms with E-state index in [2.05, 4.69) is 0 Å². The molecule has 1 fully saturated rings. The van der Waals surface area contributed by atoms with Crippen LogP contribution >= 0.6 is 11.6 Å². The summed E-state index contributed by atoms with van der Waals surface area (Å²) in [6.07, 6.45) is 2.76. The van der Waals surface area contributed by atoms with E-state index < -0.39 is 0 Å². The molecule has 12 heavy (non-hydrogen) atoms. The Balaban J connectivity index is 2.23. The molecule has 1 aliphatic rings. The van der Waals surface area contributed by atoms with Crippen LogP contribution in [0, 0.1) is 6.92 Å². The fraction of sp³-hybridized carbons (Fsp3) is 0.400. The van der Waals surface area contributed by atoms with Gasteiger partial charge in [0.15, 0.2) is 0 Å². The molecule has 0 N–H and O–H groups in total. The zero-order valence-corrected chi connectivity index (χ0v) is 7.77. The molecule has 1 aliphatic carbocycles. The summed E-state index contributed by atoms with van der Waals surface area (Å²) in [5, 5.41) is 0.754. The van der Waals surface area contributed by atoms with E-state index in [1.165, 1.54) is 12.8 Å². The van der Waals surface area contributed by atoms with Crippen LogP contribution in [0.5, 0.6) is 5.75 Å². The topological polar surface area (TPSA) is 9.23 Å². The first-order chi connectivity index (χ1) is 5.77. The lowest BCUT2D eigenvalue weighted by molar-refractivity contribution is 0.303. The molecular formula is C10H11ClO. The number of rotatable bonds is 2. The molecule has 2 rings (SSSR count). The summed E-state index contributed by atoms with van der Waals surface area (Å²) >= 11 is 6.04. The Morgan fingerprint density at radius 2 is 2.17 bits per heavy atom. The maximum Gasteiger partial charge on any atom is 0.138 e. The SMILES string of the molecule is Cc1cccc(OC2CC2)c1Cl. The van der Waals surface area contributed by atoms with Crippen LogP contribution in [0.15, 0.2) is 18.2 Å². The summed E-state index contributed by atoms with van der Waals surface area (Å²) in [4.78, 5) is 0. The lowest BCUT2D eigenvalue weighted by atomic mass is 10.2. The first kappa shape index (κ1) is 7.93. The third-order valence-corrected chi connectivity index (χ3v) is 2.46. The summed E-state index contributed by atoms with van der Waals surface area (Å²) in [6, 6.07) is 5.88.